The summed E-state index contributed by atoms with van der Waals surface area (Å²) in [5, 5.41) is 12.5. The lowest BCUT2D eigenvalue weighted by molar-refractivity contribution is -0.121. The van der Waals surface area contributed by atoms with Crippen molar-refractivity contribution in [1.29, 1.82) is 0 Å². The van der Waals surface area contributed by atoms with Crippen molar-refractivity contribution in [2.24, 2.45) is 0 Å². The van der Waals surface area contributed by atoms with Crippen LogP contribution in [0.1, 0.15) is 11.7 Å². The fraction of sp³-hybridized carbons (Fsp3) is 0.235. The van der Waals surface area contributed by atoms with Crippen LogP contribution in [0.3, 0.4) is 0 Å². The molecule has 2 aromatic rings. The van der Waals surface area contributed by atoms with Crippen molar-refractivity contribution in [3.8, 4) is 11.1 Å². The number of aliphatic hydroxyl groups excluding tert-OH is 1. The van der Waals surface area contributed by atoms with Crippen molar-refractivity contribution in [2.45, 2.75) is 17.0 Å². The highest BCUT2D eigenvalue weighted by Crippen LogP contribution is 2.24. The molecule has 0 radical (unpaired) electrons. The molecule has 2 atom stereocenters. The summed E-state index contributed by atoms with van der Waals surface area (Å²) >= 11 is 10.8. The van der Waals surface area contributed by atoms with Gasteiger partial charge in [0.15, 0.2) is 4.84 Å². The van der Waals surface area contributed by atoms with Crippen LogP contribution < -0.4 is 5.32 Å². The van der Waals surface area contributed by atoms with E-state index in [-0.39, 0.29) is 0 Å². The SMILES string of the molecule is [C-]#[N+]c1ccc(-c2ccc([C@@H](O)[C@@H](CF)NC(=O)C(Cl)Cl)cc2)cn1. The number of nitrogens with one attached hydrogen (secondary N) is 1. The largest absolute Gasteiger partial charge is 0.386 e. The highest BCUT2D eigenvalue weighted by molar-refractivity contribution is 6.53. The second kappa shape index (κ2) is 8.77. The molecule has 2 N–H and O–H groups in total. The van der Waals surface area contributed by atoms with E-state index in [1.807, 2.05) is 0 Å². The van der Waals surface area contributed by atoms with E-state index in [0.29, 0.717) is 11.4 Å². The number of hydrogen-bond acceptors (Lipinski definition) is 3. The van der Waals surface area contributed by atoms with E-state index in [0.717, 1.165) is 11.1 Å². The van der Waals surface area contributed by atoms with E-state index >= 15 is 0 Å². The number of aromatic nitrogens is 1. The van der Waals surface area contributed by atoms with E-state index in [1.165, 1.54) is 0 Å². The molecule has 0 aliphatic heterocycles. The third-order valence-corrected chi connectivity index (χ3v) is 3.92. The summed E-state index contributed by atoms with van der Waals surface area (Å²) in [6.45, 7) is 5.91. The number of nitrogens with zero attached hydrogens (tertiary/aromatic N) is 2. The first-order valence-corrected chi connectivity index (χ1v) is 8.10. The number of halogens is 3. The van der Waals surface area contributed by atoms with E-state index in [4.69, 9.17) is 29.8 Å². The van der Waals surface area contributed by atoms with Gasteiger partial charge >= 0.3 is 0 Å². The van der Waals surface area contributed by atoms with Crippen LogP contribution in [0.4, 0.5) is 10.2 Å². The first-order chi connectivity index (χ1) is 12.0. The van der Waals surface area contributed by atoms with Crippen LogP contribution in [-0.4, -0.2) is 33.6 Å². The van der Waals surface area contributed by atoms with Crippen LogP contribution in [0.5, 0.6) is 0 Å². The third-order valence-electron chi connectivity index (χ3n) is 3.52. The molecule has 0 saturated carbocycles. The predicted octanol–water partition coefficient (Wildman–Crippen LogP) is 3.59. The number of carbonyl (C=O) groups excluding carboxylic acids is 1. The summed E-state index contributed by atoms with van der Waals surface area (Å²) in [4.78, 5) is 17.3. The van der Waals surface area contributed by atoms with Gasteiger partial charge in [-0.05, 0) is 17.2 Å². The van der Waals surface area contributed by atoms with Gasteiger partial charge in [0.05, 0.1) is 6.04 Å². The molecule has 1 aromatic heterocycles. The van der Waals surface area contributed by atoms with Gasteiger partial charge in [-0.1, -0.05) is 60.1 Å². The van der Waals surface area contributed by atoms with Gasteiger partial charge < -0.3 is 15.3 Å². The minimum absolute atomic E-state index is 0.300. The lowest BCUT2D eigenvalue weighted by Crippen LogP contribution is -2.43. The van der Waals surface area contributed by atoms with E-state index in [1.54, 1.807) is 42.6 Å². The Hall–Kier alpha value is -2.20. The van der Waals surface area contributed by atoms with Gasteiger partial charge in [0.2, 0.25) is 0 Å². The summed E-state index contributed by atoms with van der Waals surface area (Å²) < 4.78 is 13.1. The van der Waals surface area contributed by atoms with Gasteiger partial charge in [-0.15, -0.1) is 4.98 Å². The second-order valence-corrected chi connectivity index (χ2v) is 6.25. The van der Waals surface area contributed by atoms with Crippen molar-refractivity contribution in [1.82, 2.24) is 10.3 Å². The Kier molecular flexibility index (Phi) is 6.71. The Morgan fingerprint density at radius 1 is 1.24 bits per heavy atom. The lowest BCUT2D eigenvalue weighted by Gasteiger charge is -2.22. The molecule has 0 unspecified atom stereocenters. The smallest absolute Gasteiger partial charge is 0.269 e. The van der Waals surface area contributed by atoms with Crippen molar-refractivity contribution < 1.29 is 14.3 Å². The molecular formula is C17H14Cl2FN3O2. The summed E-state index contributed by atoms with van der Waals surface area (Å²) in [6, 6.07) is 8.92. The van der Waals surface area contributed by atoms with Gasteiger partial charge in [0.25, 0.3) is 11.7 Å². The molecule has 0 bridgehead atoms. The highest BCUT2D eigenvalue weighted by atomic mass is 35.5. The number of amides is 1. The quantitative estimate of drug-likeness (QED) is 0.593. The molecular weight excluding hydrogens is 368 g/mol. The molecule has 5 nitrogen and oxygen atoms in total. The van der Waals surface area contributed by atoms with E-state index < -0.39 is 29.6 Å². The second-order valence-electron chi connectivity index (χ2n) is 5.15. The number of pyridine rings is 1. The normalized spacial score (nSPS) is 13.1. The van der Waals surface area contributed by atoms with Crippen LogP contribution in [0.2, 0.25) is 0 Å². The fourth-order valence-electron chi connectivity index (χ4n) is 2.18. The third kappa shape index (κ3) is 4.89. The van der Waals surface area contributed by atoms with Crippen molar-refractivity contribution in [3.63, 3.8) is 0 Å². The summed E-state index contributed by atoms with van der Waals surface area (Å²) in [7, 11) is 0. The van der Waals surface area contributed by atoms with Gasteiger partial charge in [0.1, 0.15) is 19.0 Å². The zero-order chi connectivity index (χ0) is 18.4. The molecule has 0 aliphatic rings. The first-order valence-electron chi connectivity index (χ1n) is 7.22. The summed E-state index contributed by atoms with van der Waals surface area (Å²) in [5.74, 6) is -0.471. The Morgan fingerprint density at radius 2 is 1.88 bits per heavy atom. The van der Waals surface area contributed by atoms with Gasteiger partial charge in [-0.25, -0.2) is 4.39 Å². The molecule has 0 spiro atoms. The van der Waals surface area contributed by atoms with E-state index in [9.17, 15) is 14.3 Å². The summed E-state index contributed by atoms with van der Waals surface area (Å²) in [5.41, 5.74) is 2.05. The summed E-state index contributed by atoms with van der Waals surface area (Å²) in [6.07, 6.45) is 0.322. The molecule has 0 aliphatic carbocycles. The average Bonchev–Trinajstić information content (AvgIpc) is 2.65. The Balaban J connectivity index is 2.14. The minimum Gasteiger partial charge on any atom is -0.386 e. The van der Waals surface area contributed by atoms with Crippen LogP contribution in [-0.2, 0) is 4.79 Å². The number of benzene rings is 1. The monoisotopic (exact) mass is 381 g/mol. The maximum absolute atomic E-state index is 13.1. The molecule has 1 heterocycles. The number of rotatable bonds is 6. The first kappa shape index (κ1) is 19.1. The van der Waals surface area contributed by atoms with Crippen LogP contribution in [0.25, 0.3) is 16.0 Å². The lowest BCUT2D eigenvalue weighted by atomic mass is 9.99. The van der Waals surface area contributed by atoms with Crippen molar-refractivity contribution >= 4 is 34.9 Å². The molecule has 0 fully saturated rings. The van der Waals surface area contributed by atoms with Gasteiger partial charge in [-0.3, -0.25) is 4.79 Å². The standard InChI is InChI=1S/C17H14Cl2FN3O2/c1-21-14-7-6-12(9-22-14)10-2-4-11(5-3-10)15(24)13(8-20)23-17(25)16(18)19/h2-7,9,13,15-16,24H,8H2,(H,23,25)/t13-,15-/m1/s1. The van der Waals surface area contributed by atoms with Crippen molar-refractivity contribution in [2.75, 3.05) is 6.67 Å². The maximum Gasteiger partial charge on any atom is 0.269 e. The Bertz CT molecular complexity index is 761. The number of aliphatic hydroxyl groups is 1. The van der Waals surface area contributed by atoms with Gasteiger partial charge in [-0.2, -0.15) is 0 Å². The predicted molar refractivity (Wildman–Crippen MR) is 94.3 cm³/mol. The minimum atomic E-state index is -1.34. The zero-order valence-electron chi connectivity index (χ0n) is 12.9. The number of carbonyl (C=O) groups is 1. The molecule has 0 saturated heterocycles. The van der Waals surface area contributed by atoms with Crippen molar-refractivity contribution in [3.05, 3.63) is 59.6 Å². The fourth-order valence-corrected chi connectivity index (χ4v) is 2.30. The van der Waals surface area contributed by atoms with E-state index in [2.05, 4.69) is 15.1 Å². The maximum atomic E-state index is 13.1. The van der Waals surface area contributed by atoms with Crippen LogP contribution >= 0.6 is 23.2 Å². The average molecular weight is 382 g/mol. The Morgan fingerprint density at radius 3 is 2.36 bits per heavy atom. The highest BCUT2D eigenvalue weighted by Gasteiger charge is 2.25. The number of alkyl halides is 3. The molecule has 1 aromatic carbocycles. The van der Waals surface area contributed by atoms with Gasteiger partial charge in [0, 0.05) is 5.56 Å². The molecule has 1 amide bonds. The molecule has 2 rings (SSSR count). The Labute approximate surface area is 154 Å². The molecule has 130 valence electrons. The van der Waals surface area contributed by atoms with Crippen LogP contribution in [0, 0.1) is 6.57 Å². The van der Waals surface area contributed by atoms with Crippen LogP contribution in [0.15, 0.2) is 42.6 Å². The molecule has 25 heavy (non-hydrogen) atoms. The number of hydrogen-bond donors (Lipinski definition) is 2. The zero-order valence-corrected chi connectivity index (χ0v) is 14.4. The topological polar surface area (TPSA) is 66.6 Å². The molecule has 8 heteroatoms.